The minimum absolute atomic E-state index is 0.460. The van der Waals surface area contributed by atoms with E-state index in [0.717, 1.165) is 16.1 Å². The molecule has 0 aliphatic rings. The largest absolute Gasteiger partial charge is 0.389 e. The van der Waals surface area contributed by atoms with Crippen LogP contribution in [0.4, 0.5) is 0 Å². The maximum Gasteiger partial charge on any atom is 0.218 e. The Labute approximate surface area is 126 Å². The second-order valence-electron chi connectivity index (χ2n) is 4.56. The quantitative estimate of drug-likeness (QED) is 0.802. The zero-order valence-electron chi connectivity index (χ0n) is 11.4. The summed E-state index contributed by atoms with van der Waals surface area (Å²) in [6.07, 6.45) is -0.460. The Kier molecular flexibility index (Phi) is 3.98. The fourth-order valence-electron chi connectivity index (χ4n) is 1.89. The molecule has 0 aliphatic carbocycles. The van der Waals surface area contributed by atoms with E-state index < -0.39 is 6.10 Å². The van der Waals surface area contributed by atoms with Crippen LogP contribution in [-0.2, 0) is 0 Å². The lowest BCUT2D eigenvalue weighted by Gasteiger charge is -2.06. The number of aromatic nitrogens is 4. The molecule has 1 aromatic heterocycles. The average Bonchev–Trinajstić information content (AvgIpc) is 2.97. The minimum atomic E-state index is -0.460. The van der Waals surface area contributed by atoms with Crippen molar-refractivity contribution in [2.24, 2.45) is 0 Å². The molecule has 1 unspecified atom stereocenters. The van der Waals surface area contributed by atoms with Crippen LogP contribution in [0.25, 0.3) is 5.69 Å². The molecule has 3 rings (SSSR count). The molecule has 5 nitrogen and oxygen atoms in total. The number of para-hydroxylation sites is 1. The van der Waals surface area contributed by atoms with Crippen molar-refractivity contribution in [3.8, 4) is 5.69 Å². The molecular formula is C15H14N4OS. The zero-order chi connectivity index (χ0) is 14.7. The summed E-state index contributed by atoms with van der Waals surface area (Å²) in [4.78, 5) is 1.02. The van der Waals surface area contributed by atoms with Gasteiger partial charge in [-0.3, -0.25) is 0 Å². The number of tetrazole rings is 1. The van der Waals surface area contributed by atoms with Crippen LogP contribution < -0.4 is 0 Å². The third-order valence-electron chi connectivity index (χ3n) is 3.01. The van der Waals surface area contributed by atoms with Gasteiger partial charge in [-0.2, -0.15) is 4.68 Å². The van der Waals surface area contributed by atoms with Crippen molar-refractivity contribution in [3.63, 3.8) is 0 Å². The van der Waals surface area contributed by atoms with Gasteiger partial charge in [-0.1, -0.05) is 30.3 Å². The Morgan fingerprint density at radius 3 is 2.43 bits per heavy atom. The monoisotopic (exact) mass is 298 g/mol. The van der Waals surface area contributed by atoms with Crippen LogP contribution >= 0.6 is 11.8 Å². The summed E-state index contributed by atoms with van der Waals surface area (Å²) in [6.45, 7) is 1.75. The smallest absolute Gasteiger partial charge is 0.218 e. The van der Waals surface area contributed by atoms with Gasteiger partial charge in [0.2, 0.25) is 5.16 Å². The Bertz CT molecular complexity index is 710. The summed E-state index contributed by atoms with van der Waals surface area (Å²) < 4.78 is 1.70. The summed E-state index contributed by atoms with van der Waals surface area (Å²) in [5.41, 5.74) is 1.81. The Balaban J connectivity index is 1.84. The lowest BCUT2D eigenvalue weighted by Crippen LogP contribution is -1.98. The molecule has 0 amide bonds. The van der Waals surface area contributed by atoms with E-state index in [1.54, 1.807) is 11.6 Å². The van der Waals surface area contributed by atoms with Crippen molar-refractivity contribution in [1.29, 1.82) is 0 Å². The fourth-order valence-corrected chi connectivity index (χ4v) is 2.68. The van der Waals surface area contributed by atoms with Gasteiger partial charge in [0, 0.05) is 4.90 Å². The maximum atomic E-state index is 9.52. The molecule has 1 N–H and O–H groups in total. The molecular weight excluding hydrogens is 284 g/mol. The van der Waals surface area contributed by atoms with E-state index in [1.165, 1.54) is 11.8 Å². The first-order chi connectivity index (χ1) is 10.2. The predicted molar refractivity (Wildman–Crippen MR) is 80.4 cm³/mol. The van der Waals surface area contributed by atoms with E-state index in [0.29, 0.717) is 5.16 Å². The zero-order valence-corrected chi connectivity index (χ0v) is 12.2. The Morgan fingerprint density at radius 1 is 1.05 bits per heavy atom. The summed E-state index contributed by atoms with van der Waals surface area (Å²) in [5.74, 6) is 0. The molecule has 1 atom stereocenters. The molecule has 0 radical (unpaired) electrons. The summed E-state index contributed by atoms with van der Waals surface area (Å²) >= 11 is 1.48. The van der Waals surface area contributed by atoms with Gasteiger partial charge in [0.1, 0.15) is 0 Å². The third kappa shape index (κ3) is 3.12. The average molecular weight is 298 g/mol. The number of aliphatic hydroxyl groups is 1. The molecule has 1 heterocycles. The van der Waals surface area contributed by atoms with Crippen LogP contribution in [0.5, 0.6) is 0 Å². The van der Waals surface area contributed by atoms with Crippen molar-refractivity contribution in [2.45, 2.75) is 23.1 Å². The van der Waals surface area contributed by atoms with E-state index in [2.05, 4.69) is 15.5 Å². The van der Waals surface area contributed by atoms with Gasteiger partial charge in [0.05, 0.1) is 11.8 Å². The number of hydrogen-bond donors (Lipinski definition) is 1. The van der Waals surface area contributed by atoms with E-state index in [-0.39, 0.29) is 0 Å². The standard InChI is InChI=1S/C15H14N4OS/c1-11(20)12-7-9-14(10-8-12)21-15-16-17-18-19(15)13-5-3-2-4-6-13/h2-11,20H,1H3. The highest BCUT2D eigenvalue weighted by Gasteiger charge is 2.10. The summed E-state index contributed by atoms with van der Waals surface area (Å²) in [6, 6.07) is 17.5. The highest BCUT2D eigenvalue weighted by molar-refractivity contribution is 7.99. The topological polar surface area (TPSA) is 63.8 Å². The van der Waals surface area contributed by atoms with Crippen molar-refractivity contribution < 1.29 is 5.11 Å². The van der Waals surface area contributed by atoms with Crippen molar-refractivity contribution in [1.82, 2.24) is 20.2 Å². The highest BCUT2D eigenvalue weighted by atomic mass is 32.2. The fraction of sp³-hybridized carbons (Fsp3) is 0.133. The highest BCUT2D eigenvalue weighted by Crippen LogP contribution is 2.27. The van der Waals surface area contributed by atoms with Crippen LogP contribution in [-0.4, -0.2) is 25.3 Å². The molecule has 2 aromatic carbocycles. The van der Waals surface area contributed by atoms with Crippen LogP contribution in [0.3, 0.4) is 0 Å². The molecule has 21 heavy (non-hydrogen) atoms. The lowest BCUT2D eigenvalue weighted by molar-refractivity contribution is 0.199. The molecule has 0 saturated heterocycles. The molecule has 0 saturated carbocycles. The van der Waals surface area contributed by atoms with Gasteiger partial charge in [0.25, 0.3) is 0 Å². The summed E-state index contributed by atoms with van der Waals surface area (Å²) in [5, 5.41) is 22.0. The number of nitrogens with zero attached hydrogens (tertiary/aromatic N) is 4. The minimum Gasteiger partial charge on any atom is -0.389 e. The molecule has 0 spiro atoms. The number of aliphatic hydroxyl groups excluding tert-OH is 1. The van der Waals surface area contributed by atoms with Gasteiger partial charge in [-0.25, -0.2) is 0 Å². The van der Waals surface area contributed by atoms with Gasteiger partial charge in [0.15, 0.2) is 0 Å². The predicted octanol–water partition coefficient (Wildman–Crippen LogP) is 2.87. The van der Waals surface area contributed by atoms with Crippen LogP contribution in [0.1, 0.15) is 18.6 Å². The first-order valence-corrected chi connectivity index (χ1v) is 7.35. The maximum absolute atomic E-state index is 9.52. The van der Waals surface area contributed by atoms with Gasteiger partial charge < -0.3 is 5.11 Å². The lowest BCUT2D eigenvalue weighted by atomic mass is 10.1. The van der Waals surface area contributed by atoms with Gasteiger partial charge in [-0.05, 0) is 58.9 Å². The molecule has 0 bridgehead atoms. The van der Waals surface area contributed by atoms with Gasteiger partial charge >= 0.3 is 0 Å². The first kappa shape index (κ1) is 13.8. The number of benzene rings is 2. The second kappa shape index (κ2) is 6.07. The molecule has 0 aliphatic heterocycles. The van der Waals surface area contributed by atoms with E-state index in [1.807, 2.05) is 54.6 Å². The Hall–Kier alpha value is -2.18. The van der Waals surface area contributed by atoms with Crippen molar-refractivity contribution in [3.05, 3.63) is 60.2 Å². The Morgan fingerprint density at radius 2 is 1.76 bits per heavy atom. The molecule has 0 fully saturated rings. The van der Waals surface area contributed by atoms with Crippen LogP contribution in [0.2, 0.25) is 0 Å². The number of rotatable bonds is 4. The molecule has 6 heteroatoms. The third-order valence-corrected chi connectivity index (χ3v) is 3.96. The van der Waals surface area contributed by atoms with E-state index >= 15 is 0 Å². The van der Waals surface area contributed by atoms with Gasteiger partial charge in [-0.15, -0.1) is 5.10 Å². The molecule has 3 aromatic rings. The second-order valence-corrected chi connectivity index (χ2v) is 5.60. The van der Waals surface area contributed by atoms with E-state index in [9.17, 15) is 5.11 Å². The van der Waals surface area contributed by atoms with Crippen molar-refractivity contribution >= 4 is 11.8 Å². The SMILES string of the molecule is CC(O)c1ccc(Sc2nnnn2-c2ccccc2)cc1. The molecule has 106 valence electrons. The first-order valence-electron chi connectivity index (χ1n) is 6.54. The van der Waals surface area contributed by atoms with Crippen molar-refractivity contribution in [2.75, 3.05) is 0 Å². The summed E-state index contributed by atoms with van der Waals surface area (Å²) in [7, 11) is 0. The normalized spacial score (nSPS) is 12.3. The van der Waals surface area contributed by atoms with E-state index in [4.69, 9.17) is 0 Å². The van der Waals surface area contributed by atoms with Crippen LogP contribution in [0, 0.1) is 0 Å². The number of hydrogen-bond acceptors (Lipinski definition) is 5. The van der Waals surface area contributed by atoms with Crippen LogP contribution in [0.15, 0.2) is 64.6 Å².